The predicted octanol–water partition coefficient (Wildman–Crippen LogP) is 1.90. The van der Waals surface area contributed by atoms with E-state index in [1.807, 2.05) is 30.3 Å². The minimum atomic E-state index is -0.606. The molecule has 1 aliphatic heterocycles. The number of nitrogens with one attached hydrogen (secondary N) is 1. The van der Waals surface area contributed by atoms with Gasteiger partial charge in [-0.25, -0.2) is 4.39 Å². The highest BCUT2D eigenvalue weighted by Gasteiger charge is 2.32. The Bertz CT molecular complexity index is 701. The third kappa shape index (κ3) is 3.74. The lowest BCUT2D eigenvalue weighted by molar-refractivity contribution is -0.144. The fourth-order valence-electron chi connectivity index (χ4n) is 2.71. The van der Waals surface area contributed by atoms with Crippen LogP contribution in [0.1, 0.15) is 11.1 Å². The Balaban J connectivity index is 1.72. The maximum absolute atomic E-state index is 13.0. The average molecular weight is 312 g/mol. The molecule has 23 heavy (non-hydrogen) atoms. The van der Waals surface area contributed by atoms with Gasteiger partial charge in [0.1, 0.15) is 11.9 Å². The second kappa shape index (κ2) is 6.60. The number of halogens is 1. The lowest BCUT2D eigenvalue weighted by atomic mass is 10.0. The van der Waals surface area contributed by atoms with Crippen LogP contribution in [0, 0.1) is 5.82 Å². The number of hydrogen-bond donors (Lipinski definition) is 1. The van der Waals surface area contributed by atoms with Gasteiger partial charge in [-0.05, 0) is 23.3 Å². The molecule has 5 heteroatoms. The fraction of sp³-hybridized carbons (Fsp3) is 0.222. The van der Waals surface area contributed by atoms with Crippen molar-refractivity contribution < 1.29 is 14.0 Å². The van der Waals surface area contributed by atoms with Crippen LogP contribution in [0.2, 0.25) is 0 Å². The molecular formula is C18H17FN2O2. The standard InChI is InChI=1S/C18H17FN2O2/c19-15-8-6-13(7-9-15)10-16-18(23)21(12-17(22)20-16)11-14-4-2-1-3-5-14/h1-9,16H,10-12H2,(H,20,22)/t16-/m0/s1. The molecule has 1 heterocycles. The maximum Gasteiger partial charge on any atom is 0.246 e. The molecule has 1 aliphatic rings. The zero-order valence-electron chi connectivity index (χ0n) is 12.5. The number of carbonyl (C=O) groups is 2. The van der Waals surface area contributed by atoms with Gasteiger partial charge in [0.05, 0.1) is 6.54 Å². The molecule has 2 amide bonds. The molecule has 0 unspecified atom stereocenters. The molecule has 0 bridgehead atoms. The van der Waals surface area contributed by atoms with Crippen LogP contribution in [-0.2, 0) is 22.6 Å². The number of benzene rings is 2. The first kappa shape index (κ1) is 15.2. The summed E-state index contributed by atoms with van der Waals surface area (Å²) in [6.07, 6.45) is 0.357. The fourth-order valence-corrected chi connectivity index (χ4v) is 2.71. The van der Waals surface area contributed by atoms with Crippen molar-refractivity contribution in [3.8, 4) is 0 Å². The Labute approximate surface area is 133 Å². The van der Waals surface area contributed by atoms with Gasteiger partial charge in [0.15, 0.2) is 0 Å². The number of amides is 2. The van der Waals surface area contributed by atoms with Crippen molar-refractivity contribution in [3.05, 3.63) is 71.5 Å². The van der Waals surface area contributed by atoms with Gasteiger partial charge in [0.2, 0.25) is 11.8 Å². The van der Waals surface area contributed by atoms with E-state index in [2.05, 4.69) is 5.32 Å². The summed E-state index contributed by atoms with van der Waals surface area (Å²) in [5.74, 6) is -0.608. The third-order valence-corrected chi connectivity index (χ3v) is 3.85. The van der Waals surface area contributed by atoms with Gasteiger partial charge >= 0.3 is 0 Å². The molecule has 0 spiro atoms. The normalized spacial score (nSPS) is 18.0. The molecule has 2 aromatic carbocycles. The SMILES string of the molecule is O=C1CN(Cc2ccccc2)C(=O)[C@H](Cc2ccc(F)cc2)N1. The summed E-state index contributed by atoms with van der Waals surface area (Å²) in [5, 5.41) is 2.72. The van der Waals surface area contributed by atoms with Crippen molar-refractivity contribution >= 4 is 11.8 Å². The third-order valence-electron chi connectivity index (χ3n) is 3.85. The first-order valence-corrected chi connectivity index (χ1v) is 7.48. The molecule has 1 fully saturated rings. The van der Waals surface area contributed by atoms with Crippen LogP contribution in [0.4, 0.5) is 4.39 Å². The summed E-state index contributed by atoms with van der Waals surface area (Å²) >= 11 is 0. The van der Waals surface area contributed by atoms with E-state index in [1.54, 1.807) is 17.0 Å². The van der Waals surface area contributed by atoms with E-state index in [9.17, 15) is 14.0 Å². The molecule has 1 N–H and O–H groups in total. The Morgan fingerprint density at radius 2 is 1.70 bits per heavy atom. The van der Waals surface area contributed by atoms with Gasteiger partial charge < -0.3 is 10.2 Å². The summed E-state index contributed by atoms with van der Waals surface area (Å²) < 4.78 is 13.0. The first-order chi connectivity index (χ1) is 11.1. The molecule has 4 nitrogen and oxygen atoms in total. The number of rotatable bonds is 4. The summed E-state index contributed by atoms with van der Waals surface area (Å²) in [5.41, 5.74) is 1.79. The highest BCUT2D eigenvalue weighted by molar-refractivity contribution is 5.95. The summed E-state index contributed by atoms with van der Waals surface area (Å²) in [7, 11) is 0. The Kier molecular flexibility index (Phi) is 4.37. The summed E-state index contributed by atoms with van der Waals surface area (Å²) in [6, 6.07) is 14.9. The van der Waals surface area contributed by atoms with E-state index in [1.165, 1.54) is 12.1 Å². The highest BCUT2D eigenvalue weighted by Crippen LogP contribution is 2.13. The number of hydrogen-bond acceptors (Lipinski definition) is 2. The molecule has 2 aromatic rings. The minimum Gasteiger partial charge on any atom is -0.342 e. The zero-order valence-corrected chi connectivity index (χ0v) is 12.5. The van der Waals surface area contributed by atoms with E-state index in [4.69, 9.17) is 0 Å². The number of nitrogens with zero attached hydrogens (tertiary/aromatic N) is 1. The van der Waals surface area contributed by atoms with E-state index < -0.39 is 6.04 Å². The van der Waals surface area contributed by atoms with Crippen LogP contribution in [-0.4, -0.2) is 29.3 Å². The van der Waals surface area contributed by atoms with E-state index >= 15 is 0 Å². The monoisotopic (exact) mass is 312 g/mol. The zero-order chi connectivity index (χ0) is 16.2. The Hall–Kier alpha value is -2.69. The molecule has 0 radical (unpaired) electrons. The summed E-state index contributed by atoms with van der Waals surface area (Å²) in [6.45, 7) is 0.473. The van der Waals surface area contributed by atoms with Crippen molar-refractivity contribution in [3.63, 3.8) is 0 Å². The van der Waals surface area contributed by atoms with Crippen molar-refractivity contribution in [2.24, 2.45) is 0 Å². The molecule has 0 aromatic heterocycles. The number of piperazine rings is 1. The van der Waals surface area contributed by atoms with Gasteiger partial charge in [-0.3, -0.25) is 9.59 Å². The molecule has 0 saturated carbocycles. The van der Waals surface area contributed by atoms with Gasteiger partial charge in [-0.15, -0.1) is 0 Å². The lowest BCUT2D eigenvalue weighted by Crippen LogP contribution is -2.58. The van der Waals surface area contributed by atoms with Gasteiger partial charge in [-0.1, -0.05) is 42.5 Å². The van der Waals surface area contributed by atoms with E-state index in [-0.39, 0.29) is 24.2 Å². The van der Waals surface area contributed by atoms with Crippen molar-refractivity contribution in [1.29, 1.82) is 0 Å². The minimum absolute atomic E-state index is 0.0631. The molecule has 0 aliphatic carbocycles. The van der Waals surface area contributed by atoms with Gasteiger partial charge in [0, 0.05) is 13.0 Å². The van der Waals surface area contributed by atoms with E-state index in [0.29, 0.717) is 13.0 Å². The second-order valence-corrected chi connectivity index (χ2v) is 5.63. The summed E-state index contributed by atoms with van der Waals surface area (Å²) in [4.78, 5) is 26.0. The Morgan fingerprint density at radius 1 is 1.00 bits per heavy atom. The maximum atomic E-state index is 13.0. The van der Waals surface area contributed by atoms with Crippen LogP contribution in [0.25, 0.3) is 0 Å². The largest absolute Gasteiger partial charge is 0.342 e. The van der Waals surface area contributed by atoms with Crippen molar-refractivity contribution in [1.82, 2.24) is 10.2 Å². The van der Waals surface area contributed by atoms with E-state index in [0.717, 1.165) is 11.1 Å². The van der Waals surface area contributed by atoms with Gasteiger partial charge in [0.25, 0.3) is 0 Å². The predicted molar refractivity (Wildman–Crippen MR) is 83.9 cm³/mol. The smallest absolute Gasteiger partial charge is 0.246 e. The highest BCUT2D eigenvalue weighted by atomic mass is 19.1. The molecule has 1 saturated heterocycles. The van der Waals surface area contributed by atoms with Gasteiger partial charge in [-0.2, -0.15) is 0 Å². The van der Waals surface area contributed by atoms with Crippen LogP contribution < -0.4 is 5.32 Å². The molecule has 3 rings (SSSR count). The van der Waals surface area contributed by atoms with Crippen LogP contribution in [0.3, 0.4) is 0 Å². The topological polar surface area (TPSA) is 49.4 Å². The first-order valence-electron chi connectivity index (χ1n) is 7.48. The number of carbonyl (C=O) groups excluding carboxylic acids is 2. The van der Waals surface area contributed by atoms with Crippen molar-refractivity contribution in [2.75, 3.05) is 6.54 Å². The van der Waals surface area contributed by atoms with Crippen LogP contribution >= 0.6 is 0 Å². The Morgan fingerprint density at radius 3 is 2.39 bits per heavy atom. The molecular weight excluding hydrogens is 295 g/mol. The lowest BCUT2D eigenvalue weighted by Gasteiger charge is -2.32. The molecule has 1 atom stereocenters. The van der Waals surface area contributed by atoms with Crippen molar-refractivity contribution in [2.45, 2.75) is 19.0 Å². The quantitative estimate of drug-likeness (QED) is 0.937. The average Bonchev–Trinajstić information content (AvgIpc) is 2.55. The molecule has 118 valence electrons. The van der Waals surface area contributed by atoms with Crippen LogP contribution in [0.5, 0.6) is 0 Å². The second-order valence-electron chi connectivity index (χ2n) is 5.63. The van der Waals surface area contributed by atoms with Crippen LogP contribution in [0.15, 0.2) is 54.6 Å².